The zero-order valence-corrected chi connectivity index (χ0v) is 21.7. The van der Waals surface area contributed by atoms with Crippen molar-refractivity contribution >= 4 is 24.5 Å². The van der Waals surface area contributed by atoms with Gasteiger partial charge in [-0.2, -0.15) is 0 Å². The van der Waals surface area contributed by atoms with Gasteiger partial charge in [-0.05, 0) is 60.4 Å². The number of aromatic hydroxyl groups is 1. The van der Waals surface area contributed by atoms with E-state index in [2.05, 4.69) is 0 Å². The van der Waals surface area contributed by atoms with Crippen LogP contribution >= 0.6 is 7.60 Å². The lowest BCUT2D eigenvalue weighted by Crippen LogP contribution is -2.55. The van der Waals surface area contributed by atoms with Crippen LogP contribution in [0.25, 0.3) is 11.1 Å². The number of amides is 1. The van der Waals surface area contributed by atoms with Crippen LogP contribution in [0.2, 0.25) is 0 Å². The Morgan fingerprint density at radius 1 is 0.872 bits per heavy atom. The van der Waals surface area contributed by atoms with Gasteiger partial charge in [-0.3, -0.25) is 9.36 Å². The van der Waals surface area contributed by atoms with Crippen LogP contribution in [0.1, 0.15) is 36.1 Å². The van der Waals surface area contributed by atoms with Gasteiger partial charge in [-0.25, -0.2) is 4.39 Å². The number of phenols is 1. The van der Waals surface area contributed by atoms with Crippen LogP contribution in [0.3, 0.4) is 0 Å². The molecule has 1 aliphatic rings. The molecule has 0 aliphatic carbocycles. The van der Waals surface area contributed by atoms with Gasteiger partial charge in [0, 0.05) is 16.8 Å². The molecule has 1 amide bonds. The number of aliphatic hydroxyl groups is 1. The highest BCUT2D eigenvalue weighted by atomic mass is 31.2. The molecule has 200 valence electrons. The lowest BCUT2D eigenvalue weighted by molar-refractivity contribution is -0.131. The van der Waals surface area contributed by atoms with Crippen molar-refractivity contribution < 1.29 is 33.7 Å². The number of phenolic OH excluding ortho intramolecular Hbond substituents is 1. The van der Waals surface area contributed by atoms with Crippen molar-refractivity contribution in [1.82, 2.24) is 0 Å². The van der Waals surface area contributed by atoms with Gasteiger partial charge in [0.05, 0.1) is 23.4 Å². The highest BCUT2D eigenvalue weighted by Crippen LogP contribution is 2.48. The second kappa shape index (κ2) is 10.8. The Kier molecular flexibility index (Phi) is 7.38. The third kappa shape index (κ3) is 5.37. The number of aliphatic hydroxyl groups excluding tert-OH is 1. The number of benzene rings is 4. The molecule has 1 saturated heterocycles. The predicted molar refractivity (Wildman–Crippen MR) is 146 cm³/mol. The van der Waals surface area contributed by atoms with E-state index in [1.54, 1.807) is 29.2 Å². The number of hydrogen-bond donors (Lipinski definition) is 4. The molecule has 3 atom stereocenters. The van der Waals surface area contributed by atoms with E-state index in [0.717, 1.165) is 0 Å². The summed E-state index contributed by atoms with van der Waals surface area (Å²) in [4.78, 5) is 34.5. The standard InChI is InChI=1S/C30H27FNO6P/c31-21-8-6-7-19(17-21)26(33)16-15-25-29(32(30(25)35)22-9-2-1-3-10-22)20-13-14-23(27(34)18-20)24-11-4-5-12-28(24)39(36,37)38/h1-14,17-18,25-26,29,33-34H,15-16H2,(H2,36,37,38)/t25-,26+,29-/m1/s1. The molecule has 39 heavy (non-hydrogen) atoms. The molecule has 1 fully saturated rings. The monoisotopic (exact) mass is 547 g/mol. The molecule has 1 heterocycles. The maximum absolute atomic E-state index is 13.6. The molecular formula is C30H27FNO6P. The normalized spacial score (nSPS) is 18.1. The average molecular weight is 548 g/mol. The first-order valence-corrected chi connectivity index (χ1v) is 14.1. The number of para-hydroxylation sites is 1. The molecule has 0 spiro atoms. The fraction of sp³-hybridized carbons (Fsp3) is 0.167. The minimum absolute atomic E-state index is 0.131. The number of β-lactam (4-membered cyclic amide) rings is 1. The maximum Gasteiger partial charge on any atom is 0.356 e. The minimum Gasteiger partial charge on any atom is -0.507 e. The molecule has 0 aromatic heterocycles. The van der Waals surface area contributed by atoms with Gasteiger partial charge >= 0.3 is 7.60 Å². The van der Waals surface area contributed by atoms with Crippen LogP contribution in [-0.4, -0.2) is 25.9 Å². The van der Waals surface area contributed by atoms with E-state index in [-0.39, 0.29) is 34.5 Å². The zero-order valence-electron chi connectivity index (χ0n) is 20.8. The molecule has 7 nitrogen and oxygen atoms in total. The molecule has 5 rings (SSSR count). The van der Waals surface area contributed by atoms with Gasteiger partial charge in [-0.1, -0.05) is 60.7 Å². The van der Waals surface area contributed by atoms with Gasteiger partial charge in [0.15, 0.2) is 0 Å². The van der Waals surface area contributed by atoms with E-state index in [4.69, 9.17) is 0 Å². The van der Waals surface area contributed by atoms with Crippen LogP contribution < -0.4 is 10.2 Å². The summed E-state index contributed by atoms with van der Waals surface area (Å²) in [5, 5.41) is 21.4. The second-order valence-corrected chi connectivity index (χ2v) is 11.2. The van der Waals surface area contributed by atoms with Gasteiger partial charge in [-0.15, -0.1) is 0 Å². The number of carbonyl (C=O) groups is 1. The third-order valence-corrected chi connectivity index (χ3v) is 8.12. The fourth-order valence-electron chi connectivity index (χ4n) is 5.22. The zero-order chi connectivity index (χ0) is 27.7. The molecule has 0 radical (unpaired) electrons. The molecule has 0 saturated carbocycles. The third-order valence-electron chi connectivity index (χ3n) is 7.10. The van der Waals surface area contributed by atoms with E-state index < -0.39 is 31.5 Å². The Labute approximate surface area is 225 Å². The van der Waals surface area contributed by atoms with Crippen LogP contribution in [0.15, 0.2) is 97.1 Å². The molecule has 0 bridgehead atoms. The SMILES string of the molecule is O=C1[C@H](CC[C@H](O)c2cccc(F)c2)[C@@H](c2ccc(-c3ccccc3P(=O)(O)O)c(O)c2)N1c1ccccc1. The molecule has 4 aromatic rings. The molecule has 0 unspecified atom stereocenters. The molecular weight excluding hydrogens is 520 g/mol. The first kappa shape index (κ1) is 26.8. The quantitative estimate of drug-likeness (QED) is 0.178. The second-order valence-electron chi connectivity index (χ2n) is 9.58. The van der Waals surface area contributed by atoms with Gasteiger partial charge in [0.2, 0.25) is 5.91 Å². The highest BCUT2D eigenvalue weighted by Gasteiger charge is 2.48. The van der Waals surface area contributed by atoms with Gasteiger partial charge in [0.25, 0.3) is 0 Å². The predicted octanol–water partition coefficient (Wildman–Crippen LogP) is 5.22. The Morgan fingerprint density at radius 2 is 1.59 bits per heavy atom. The molecule has 4 aromatic carbocycles. The summed E-state index contributed by atoms with van der Waals surface area (Å²) in [5.74, 6) is -1.26. The van der Waals surface area contributed by atoms with Crippen molar-refractivity contribution in [3.8, 4) is 16.9 Å². The van der Waals surface area contributed by atoms with E-state index in [1.807, 2.05) is 30.3 Å². The van der Waals surface area contributed by atoms with Crippen molar-refractivity contribution in [3.05, 3.63) is 114 Å². The van der Waals surface area contributed by atoms with Crippen LogP contribution in [-0.2, 0) is 9.36 Å². The summed E-state index contributed by atoms with van der Waals surface area (Å²) in [5.41, 5.74) is 2.23. The summed E-state index contributed by atoms with van der Waals surface area (Å²) in [6, 6.07) is 25.2. The van der Waals surface area contributed by atoms with E-state index in [0.29, 0.717) is 23.2 Å². The first-order chi connectivity index (χ1) is 18.6. The smallest absolute Gasteiger partial charge is 0.356 e. The van der Waals surface area contributed by atoms with Crippen LogP contribution in [0.5, 0.6) is 5.75 Å². The van der Waals surface area contributed by atoms with Crippen molar-refractivity contribution in [3.63, 3.8) is 0 Å². The Bertz CT molecular complexity index is 1560. The lowest BCUT2D eigenvalue weighted by atomic mass is 9.78. The summed E-state index contributed by atoms with van der Waals surface area (Å²) < 4.78 is 25.7. The lowest BCUT2D eigenvalue weighted by Gasteiger charge is -2.48. The van der Waals surface area contributed by atoms with Gasteiger partial charge < -0.3 is 24.9 Å². The number of halogens is 1. The highest BCUT2D eigenvalue weighted by molar-refractivity contribution is 7.60. The summed E-state index contributed by atoms with van der Waals surface area (Å²) in [6.45, 7) is 0. The number of hydrogen-bond acceptors (Lipinski definition) is 4. The van der Waals surface area contributed by atoms with E-state index in [9.17, 15) is 33.7 Å². The largest absolute Gasteiger partial charge is 0.507 e. The number of anilines is 1. The van der Waals surface area contributed by atoms with Crippen molar-refractivity contribution in [1.29, 1.82) is 0 Å². The van der Waals surface area contributed by atoms with E-state index >= 15 is 0 Å². The Morgan fingerprint density at radius 3 is 2.28 bits per heavy atom. The fourth-order valence-corrected chi connectivity index (χ4v) is 6.01. The van der Waals surface area contributed by atoms with Crippen LogP contribution in [0.4, 0.5) is 10.1 Å². The maximum atomic E-state index is 13.6. The van der Waals surface area contributed by atoms with Crippen molar-refractivity contribution in [2.75, 3.05) is 4.90 Å². The minimum atomic E-state index is -4.59. The van der Waals surface area contributed by atoms with Gasteiger partial charge in [0.1, 0.15) is 11.6 Å². The number of nitrogens with zero attached hydrogens (tertiary/aromatic N) is 1. The number of rotatable bonds is 8. The Hall–Kier alpha value is -3.81. The first-order valence-electron chi connectivity index (χ1n) is 12.4. The molecule has 1 aliphatic heterocycles. The summed E-state index contributed by atoms with van der Waals surface area (Å²) in [6.07, 6.45) is -0.382. The van der Waals surface area contributed by atoms with Crippen molar-refractivity contribution in [2.45, 2.75) is 25.0 Å². The Balaban J connectivity index is 1.46. The number of carbonyl (C=O) groups excluding carboxylic acids is 1. The molecule has 4 N–H and O–H groups in total. The van der Waals surface area contributed by atoms with E-state index in [1.165, 1.54) is 42.5 Å². The van der Waals surface area contributed by atoms with Crippen LogP contribution in [0, 0.1) is 11.7 Å². The average Bonchev–Trinajstić information content (AvgIpc) is 2.91. The summed E-state index contributed by atoms with van der Waals surface area (Å²) >= 11 is 0. The summed E-state index contributed by atoms with van der Waals surface area (Å²) in [7, 11) is -4.59. The molecule has 9 heteroatoms. The van der Waals surface area contributed by atoms with Crippen molar-refractivity contribution in [2.24, 2.45) is 5.92 Å². The topological polar surface area (TPSA) is 118 Å².